The third-order valence-electron chi connectivity index (χ3n) is 4.55. The van der Waals surface area contributed by atoms with Crippen LogP contribution < -0.4 is 15.4 Å². The first-order chi connectivity index (χ1) is 15.4. The van der Waals surface area contributed by atoms with Crippen molar-refractivity contribution < 1.29 is 14.3 Å². The van der Waals surface area contributed by atoms with Gasteiger partial charge in [-0.15, -0.1) is 0 Å². The Labute approximate surface area is 187 Å². The number of anilines is 2. The maximum Gasteiger partial charge on any atom is 0.266 e. The fourth-order valence-corrected chi connectivity index (χ4v) is 2.93. The van der Waals surface area contributed by atoms with Gasteiger partial charge < -0.3 is 15.4 Å². The fraction of sp³-hybridized carbons (Fsp3) is 0.115. The minimum absolute atomic E-state index is 0.0772. The van der Waals surface area contributed by atoms with Crippen molar-refractivity contribution in [2.75, 3.05) is 17.2 Å². The molecule has 2 N–H and O–H groups in total. The number of carbonyl (C=O) groups is 2. The van der Waals surface area contributed by atoms with Crippen LogP contribution in [0.15, 0.2) is 78.4 Å². The summed E-state index contributed by atoms with van der Waals surface area (Å²) in [6.07, 6.45) is 1.44. The normalized spacial score (nSPS) is 10.7. The van der Waals surface area contributed by atoms with E-state index in [4.69, 9.17) is 4.74 Å². The lowest BCUT2D eigenvalue weighted by Crippen LogP contribution is -2.20. The Hall–Kier alpha value is -4.37. The number of nitriles is 1. The van der Waals surface area contributed by atoms with E-state index in [0.29, 0.717) is 22.7 Å². The van der Waals surface area contributed by atoms with Crippen molar-refractivity contribution in [3.05, 3.63) is 95.1 Å². The molecule has 3 rings (SSSR count). The van der Waals surface area contributed by atoms with Crippen molar-refractivity contribution in [2.45, 2.75) is 13.8 Å². The van der Waals surface area contributed by atoms with Gasteiger partial charge in [-0.25, -0.2) is 0 Å². The maximum absolute atomic E-state index is 12.6. The molecular weight excluding hydrogens is 402 g/mol. The standard InChI is InChI=1S/C26H23N3O3/c1-18-10-12-22(13-11-18)28-25(30)17-32-24-9-4-3-7-20(24)15-21(16-27)26(31)29-23-8-5-6-19(2)14-23/h3-15H,17H2,1-2H3,(H,28,30)(H,29,31)/b21-15+. The Bertz CT molecular complexity index is 1190. The zero-order valence-corrected chi connectivity index (χ0v) is 17.9. The number of carbonyl (C=O) groups excluding carboxylic acids is 2. The monoisotopic (exact) mass is 425 g/mol. The molecule has 160 valence electrons. The molecule has 2 amide bonds. The first kappa shape index (κ1) is 22.3. The first-order valence-electron chi connectivity index (χ1n) is 10.0. The fourth-order valence-electron chi connectivity index (χ4n) is 2.93. The largest absolute Gasteiger partial charge is 0.483 e. The molecule has 0 saturated carbocycles. The molecule has 0 saturated heterocycles. The molecular formula is C26H23N3O3. The average molecular weight is 425 g/mol. The summed E-state index contributed by atoms with van der Waals surface area (Å²) in [5, 5.41) is 15.0. The summed E-state index contributed by atoms with van der Waals surface area (Å²) in [6.45, 7) is 3.67. The van der Waals surface area contributed by atoms with E-state index in [9.17, 15) is 14.9 Å². The summed E-state index contributed by atoms with van der Waals surface area (Å²) in [5.41, 5.74) is 3.82. The second kappa shape index (κ2) is 10.6. The van der Waals surface area contributed by atoms with Crippen molar-refractivity contribution in [3.8, 4) is 11.8 Å². The van der Waals surface area contributed by atoms with E-state index >= 15 is 0 Å². The SMILES string of the molecule is Cc1ccc(NC(=O)COc2ccccc2/C=C(\C#N)C(=O)Nc2cccc(C)c2)cc1. The molecule has 6 heteroatoms. The van der Waals surface area contributed by atoms with Crippen LogP contribution in [0.1, 0.15) is 16.7 Å². The summed E-state index contributed by atoms with van der Waals surface area (Å²) in [6, 6.07) is 23.6. The molecule has 0 unspecified atom stereocenters. The van der Waals surface area contributed by atoms with Gasteiger partial charge in [0.2, 0.25) is 0 Å². The van der Waals surface area contributed by atoms with Gasteiger partial charge in [0, 0.05) is 16.9 Å². The average Bonchev–Trinajstić information content (AvgIpc) is 2.78. The van der Waals surface area contributed by atoms with Crippen LogP contribution in [0.5, 0.6) is 5.75 Å². The Balaban J connectivity index is 1.69. The molecule has 0 spiro atoms. The first-order valence-corrected chi connectivity index (χ1v) is 10.0. The lowest BCUT2D eigenvalue weighted by molar-refractivity contribution is -0.118. The summed E-state index contributed by atoms with van der Waals surface area (Å²) >= 11 is 0. The zero-order chi connectivity index (χ0) is 22.9. The van der Waals surface area contributed by atoms with E-state index in [1.807, 2.05) is 62.4 Å². The van der Waals surface area contributed by atoms with Gasteiger partial charge in [-0.3, -0.25) is 9.59 Å². The van der Waals surface area contributed by atoms with Gasteiger partial charge in [0.05, 0.1) is 0 Å². The highest BCUT2D eigenvalue weighted by Gasteiger charge is 2.12. The Morgan fingerprint density at radius 1 is 0.906 bits per heavy atom. The Kier molecular flexibility index (Phi) is 7.39. The van der Waals surface area contributed by atoms with Crippen molar-refractivity contribution in [1.82, 2.24) is 0 Å². The van der Waals surface area contributed by atoms with Crippen LogP contribution in [0.25, 0.3) is 6.08 Å². The second-order valence-electron chi connectivity index (χ2n) is 7.23. The molecule has 3 aromatic carbocycles. The third kappa shape index (κ3) is 6.31. The van der Waals surface area contributed by atoms with Gasteiger partial charge in [-0.05, 0) is 55.8 Å². The van der Waals surface area contributed by atoms with Crippen molar-refractivity contribution >= 4 is 29.3 Å². The molecule has 0 heterocycles. The van der Waals surface area contributed by atoms with E-state index in [1.54, 1.807) is 30.3 Å². The Morgan fingerprint density at radius 3 is 2.38 bits per heavy atom. The molecule has 0 aromatic heterocycles. The predicted molar refractivity (Wildman–Crippen MR) is 125 cm³/mol. The topological polar surface area (TPSA) is 91.2 Å². The number of hydrogen-bond acceptors (Lipinski definition) is 4. The molecule has 0 aliphatic heterocycles. The van der Waals surface area contributed by atoms with Crippen LogP contribution in [0, 0.1) is 25.2 Å². The minimum Gasteiger partial charge on any atom is -0.483 e. The summed E-state index contributed by atoms with van der Waals surface area (Å²) in [5.74, 6) is -0.446. The van der Waals surface area contributed by atoms with Gasteiger partial charge in [0.25, 0.3) is 11.8 Å². The van der Waals surface area contributed by atoms with Crippen LogP contribution in [-0.2, 0) is 9.59 Å². The number of ether oxygens (including phenoxy) is 1. The lowest BCUT2D eigenvalue weighted by atomic mass is 10.1. The van der Waals surface area contributed by atoms with Crippen LogP contribution in [0.2, 0.25) is 0 Å². The zero-order valence-electron chi connectivity index (χ0n) is 17.9. The van der Waals surface area contributed by atoms with Crippen molar-refractivity contribution in [2.24, 2.45) is 0 Å². The highest BCUT2D eigenvalue weighted by Crippen LogP contribution is 2.22. The quantitative estimate of drug-likeness (QED) is 0.417. The van der Waals surface area contributed by atoms with E-state index in [1.165, 1.54) is 6.08 Å². The minimum atomic E-state index is -0.523. The van der Waals surface area contributed by atoms with Crippen LogP contribution >= 0.6 is 0 Å². The van der Waals surface area contributed by atoms with E-state index in [2.05, 4.69) is 10.6 Å². The molecule has 0 bridgehead atoms. The number of hydrogen-bond donors (Lipinski definition) is 2. The molecule has 3 aromatic rings. The number of nitrogens with one attached hydrogen (secondary N) is 2. The number of nitrogens with zero attached hydrogens (tertiary/aromatic N) is 1. The van der Waals surface area contributed by atoms with Gasteiger partial charge >= 0.3 is 0 Å². The summed E-state index contributed by atoms with van der Waals surface area (Å²) in [4.78, 5) is 24.8. The van der Waals surface area contributed by atoms with Crippen LogP contribution in [0.3, 0.4) is 0 Å². The lowest BCUT2D eigenvalue weighted by Gasteiger charge is -2.10. The number of rotatable bonds is 7. The third-order valence-corrected chi connectivity index (χ3v) is 4.55. The van der Waals surface area contributed by atoms with Crippen LogP contribution in [-0.4, -0.2) is 18.4 Å². The molecule has 32 heavy (non-hydrogen) atoms. The molecule has 0 atom stereocenters. The van der Waals surface area contributed by atoms with E-state index in [0.717, 1.165) is 11.1 Å². The smallest absolute Gasteiger partial charge is 0.266 e. The van der Waals surface area contributed by atoms with Crippen LogP contribution in [0.4, 0.5) is 11.4 Å². The number of benzene rings is 3. The van der Waals surface area contributed by atoms with Crippen molar-refractivity contribution in [3.63, 3.8) is 0 Å². The maximum atomic E-state index is 12.6. The highest BCUT2D eigenvalue weighted by atomic mass is 16.5. The van der Waals surface area contributed by atoms with E-state index in [-0.39, 0.29) is 18.1 Å². The Morgan fingerprint density at radius 2 is 1.66 bits per heavy atom. The van der Waals surface area contributed by atoms with Gasteiger partial charge in [-0.2, -0.15) is 5.26 Å². The summed E-state index contributed by atoms with van der Waals surface area (Å²) < 4.78 is 5.66. The van der Waals surface area contributed by atoms with Gasteiger partial charge in [0.15, 0.2) is 6.61 Å². The number of aryl methyl sites for hydroxylation is 2. The van der Waals surface area contributed by atoms with Gasteiger partial charge in [-0.1, -0.05) is 48.0 Å². The molecule has 0 aliphatic carbocycles. The molecule has 0 radical (unpaired) electrons. The molecule has 6 nitrogen and oxygen atoms in total. The van der Waals surface area contributed by atoms with Gasteiger partial charge in [0.1, 0.15) is 17.4 Å². The predicted octanol–water partition coefficient (Wildman–Crippen LogP) is 4.87. The summed E-state index contributed by atoms with van der Waals surface area (Å²) in [7, 11) is 0. The number of para-hydroxylation sites is 1. The highest BCUT2D eigenvalue weighted by molar-refractivity contribution is 6.09. The second-order valence-corrected chi connectivity index (χ2v) is 7.23. The molecule has 0 fully saturated rings. The van der Waals surface area contributed by atoms with Crippen molar-refractivity contribution in [1.29, 1.82) is 5.26 Å². The molecule has 0 aliphatic rings. The van der Waals surface area contributed by atoms with E-state index < -0.39 is 5.91 Å². The number of amides is 2.